The van der Waals surface area contributed by atoms with Crippen molar-refractivity contribution in [2.45, 2.75) is 19.1 Å². The third-order valence-electron chi connectivity index (χ3n) is 2.55. The van der Waals surface area contributed by atoms with Crippen LogP contribution in [0.3, 0.4) is 0 Å². The molecule has 0 aliphatic heterocycles. The van der Waals surface area contributed by atoms with Crippen LogP contribution in [-0.2, 0) is 19.1 Å². The topological polar surface area (TPSA) is 38.9 Å². The van der Waals surface area contributed by atoms with E-state index in [1.165, 1.54) is 0 Å². The van der Waals surface area contributed by atoms with Crippen LogP contribution < -0.4 is 5.73 Å². The van der Waals surface area contributed by atoms with Gasteiger partial charge in [-0.25, -0.2) is 4.98 Å². The summed E-state index contributed by atoms with van der Waals surface area (Å²) in [5, 5.41) is 1.19. The Labute approximate surface area is 127 Å². The first-order valence-electron chi connectivity index (χ1n) is 5.51. The van der Waals surface area contributed by atoms with Crippen molar-refractivity contribution in [3.05, 3.63) is 49.4 Å². The highest BCUT2D eigenvalue weighted by Gasteiger charge is 2.36. The number of alkyl halides is 3. The summed E-state index contributed by atoms with van der Waals surface area (Å²) in [4.78, 5) is 3.66. The van der Waals surface area contributed by atoms with Gasteiger partial charge < -0.3 is 5.73 Å². The molecule has 1 heterocycles. The Bertz CT molecular complexity index is 626. The molecule has 2 nitrogen and oxygen atoms in total. The highest BCUT2D eigenvalue weighted by Crippen LogP contribution is 2.35. The summed E-state index contributed by atoms with van der Waals surface area (Å²) in [6.45, 7) is -0.194. The molecule has 1 aromatic carbocycles. The molecule has 0 unspecified atom stereocenters. The maximum Gasteiger partial charge on any atom is 0.434 e. The molecule has 0 atom stereocenters. The summed E-state index contributed by atoms with van der Waals surface area (Å²) >= 11 is 12.7. The van der Waals surface area contributed by atoms with E-state index in [0.29, 0.717) is 20.6 Å². The van der Waals surface area contributed by atoms with Gasteiger partial charge in [0, 0.05) is 23.0 Å². The minimum Gasteiger partial charge on any atom is -0.326 e. The largest absolute Gasteiger partial charge is 0.434 e. The van der Waals surface area contributed by atoms with Crippen LogP contribution in [0.25, 0.3) is 0 Å². The summed E-state index contributed by atoms with van der Waals surface area (Å²) in [6.07, 6.45) is -4.28. The fourth-order valence-electron chi connectivity index (χ4n) is 1.66. The van der Waals surface area contributed by atoms with E-state index in [2.05, 4.69) is 4.98 Å². The number of hydrogen-bond acceptors (Lipinski definition) is 3. The first-order chi connectivity index (χ1) is 9.31. The van der Waals surface area contributed by atoms with Crippen molar-refractivity contribution in [2.24, 2.45) is 5.73 Å². The minimum atomic E-state index is -4.49. The van der Waals surface area contributed by atoms with E-state index in [-0.39, 0.29) is 17.8 Å². The van der Waals surface area contributed by atoms with Crippen molar-refractivity contribution >= 4 is 34.5 Å². The second kappa shape index (κ2) is 5.89. The van der Waals surface area contributed by atoms with Crippen LogP contribution in [0.5, 0.6) is 0 Å². The van der Waals surface area contributed by atoms with Gasteiger partial charge in [-0.1, -0.05) is 29.3 Å². The normalized spacial score (nSPS) is 11.9. The molecule has 2 rings (SSSR count). The molecule has 2 aromatic rings. The van der Waals surface area contributed by atoms with E-state index >= 15 is 0 Å². The highest BCUT2D eigenvalue weighted by molar-refractivity contribution is 7.11. The molecule has 108 valence electrons. The van der Waals surface area contributed by atoms with E-state index in [9.17, 15) is 13.2 Å². The quantitative estimate of drug-likeness (QED) is 0.892. The number of aromatic nitrogens is 1. The summed E-state index contributed by atoms with van der Waals surface area (Å²) < 4.78 is 38.3. The number of benzene rings is 1. The molecule has 0 aliphatic rings. The third kappa shape index (κ3) is 3.44. The van der Waals surface area contributed by atoms with Crippen LogP contribution in [0.15, 0.2) is 18.2 Å². The van der Waals surface area contributed by atoms with Crippen molar-refractivity contribution in [2.75, 3.05) is 0 Å². The molecule has 0 fully saturated rings. The zero-order valence-corrected chi connectivity index (χ0v) is 12.3. The minimum absolute atomic E-state index is 0.0255. The first-order valence-corrected chi connectivity index (χ1v) is 7.08. The number of halogens is 5. The predicted octanol–water partition coefficient (Wildman–Crippen LogP) is 4.52. The Morgan fingerprint density at radius 2 is 1.95 bits per heavy atom. The van der Waals surface area contributed by atoms with Crippen molar-refractivity contribution in [1.82, 2.24) is 4.98 Å². The molecule has 0 amide bonds. The molecule has 1 aromatic heterocycles. The van der Waals surface area contributed by atoms with Gasteiger partial charge in [-0.05, 0) is 17.7 Å². The van der Waals surface area contributed by atoms with Gasteiger partial charge in [0.15, 0.2) is 5.69 Å². The number of nitrogens with zero attached hydrogens (tertiary/aromatic N) is 1. The van der Waals surface area contributed by atoms with Gasteiger partial charge in [-0.15, -0.1) is 11.3 Å². The Morgan fingerprint density at radius 1 is 1.25 bits per heavy atom. The second-order valence-electron chi connectivity index (χ2n) is 3.99. The van der Waals surface area contributed by atoms with E-state index in [1.54, 1.807) is 18.2 Å². The molecular weight excluding hydrogens is 332 g/mol. The van der Waals surface area contributed by atoms with Gasteiger partial charge >= 0.3 is 6.18 Å². The van der Waals surface area contributed by atoms with Crippen LogP contribution in [0.1, 0.15) is 21.1 Å². The number of rotatable bonds is 3. The lowest BCUT2D eigenvalue weighted by Gasteiger charge is -2.04. The molecule has 0 aliphatic carbocycles. The zero-order chi connectivity index (χ0) is 14.9. The van der Waals surface area contributed by atoms with Gasteiger partial charge in [0.05, 0.1) is 9.88 Å². The van der Waals surface area contributed by atoms with Crippen molar-refractivity contribution in [3.8, 4) is 0 Å². The standard InChI is InChI=1S/C12H9Cl2F3N2S/c13-7-2-1-6(8(14)4-7)3-10-19-11(12(15,16)17)9(5-18)20-10/h1-2,4H,3,5,18H2. The van der Waals surface area contributed by atoms with E-state index in [4.69, 9.17) is 28.9 Å². The summed E-state index contributed by atoms with van der Waals surface area (Å²) in [7, 11) is 0. The molecule has 0 bridgehead atoms. The Kier molecular flexibility index (Phi) is 4.59. The Morgan fingerprint density at radius 3 is 2.45 bits per heavy atom. The van der Waals surface area contributed by atoms with E-state index in [1.807, 2.05) is 0 Å². The second-order valence-corrected chi connectivity index (χ2v) is 6.01. The lowest BCUT2D eigenvalue weighted by atomic mass is 10.1. The molecule has 2 N–H and O–H groups in total. The molecular formula is C12H9Cl2F3N2S. The highest BCUT2D eigenvalue weighted by atomic mass is 35.5. The van der Waals surface area contributed by atoms with Crippen LogP contribution in [0, 0.1) is 0 Å². The van der Waals surface area contributed by atoms with Crippen LogP contribution in [-0.4, -0.2) is 4.98 Å². The summed E-state index contributed by atoms with van der Waals surface area (Å²) in [6, 6.07) is 4.84. The first kappa shape index (κ1) is 15.6. The van der Waals surface area contributed by atoms with Gasteiger partial charge in [0.2, 0.25) is 0 Å². The van der Waals surface area contributed by atoms with Gasteiger partial charge in [-0.2, -0.15) is 13.2 Å². The SMILES string of the molecule is NCc1sc(Cc2ccc(Cl)cc2Cl)nc1C(F)(F)F. The maximum absolute atomic E-state index is 12.8. The molecule has 20 heavy (non-hydrogen) atoms. The van der Waals surface area contributed by atoms with Crippen LogP contribution in [0.4, 0.5) is 13.2 Å². The fraction of sp³-hybridized carbons (Fsp3) is 0.250. The Hall–Kier alpha value is -0.820. The van der Waals surface area contributed by atoms with Crippen LogP contribution >= 0.6 is 34.5 Å². The number of thiazole rings is 1. The lowest BCUT2D eigenvalue weighted by Crippen LogP contribution is -2.10. The van der Waals surface area contributed by atoms with E-state index < -0.39 is 11.9 Å². The number of hydrogen-bond donors (Lipinski definition) is 1. The van der Waals surface area contributed by atoms with Gasteiger partial charge in [-0.3, -0.25) is 0 Å². The molecule has 0 radical (unpaired) electrons. The lowest BCUT2D eigenvalue weighted by molar-refractivity contribution is -0.141. The fourth-order valence-corrected chi connectivity index (χ4v) is 3.13. The molecule has 0 spiro atoms. The molecule has 0 saturated heterocycles. The smallest absolute Gasteiger partial charge is 0.326 e. The van der Waals surface area contributed by atoms with Crippen LogP contribution in [0.2, 0.25) is 10.0 Å². The summed E-state index contributed by atoms with van der Waals surface area (Å²) in [5.41, 5.74) is 5.09. The van der Waals surface area contributed by atoms with E-state index in [0.717, 1.165) is 11.3 Å². The van der Waals surface area contributed by atoms with Crippen molar-refractivity contribution < 1.29 is 13.2 Å². The van der Waals surface area contributed by atoms with Crippen molar-refractivity contribution in [1.29, 1.82) is 0 Å². The summed E-state index contributed by atoms with van der Waals surface area (Å²) in [5.74, 6) is 0. The molecule has 8 heteroatoms. The van der Waals surface area contributed by atoms with Gasteiger partial charge in [0.1, 0.15) is 0 Å². The van der Waals surface area contributed by atoms with Gasteiger partial charge in [0.25, 0.3) is 0 Å². The predicted molar refractivity (Wildman–Crippen MR) is 74.3 cm³/mol. The average Bonchev–Trinajstić information content (AvgIpc) is 2.76. The number of nitrogens with two attached hydrogens (primary N) is 1. The van der Waals surface area contributed by atoms with Crippen molar-refractivity contribution in [3.63, 3.8) is 0 Å². The maximum atomic E-state index is 12.8. The third-order valence-corrected chi connectivity index (χ3v) is 4.22. The molecule has 0 saturated carbocycles. The average molecular weight is 341 g/mol. The Balaban J connectivity index is 2.32. The zero-order valence-electron chi connectivity index (χ0n) is 9.97. The monoisotopic (exact) mass is 340 g/mol.